The maximum Gasteiger partial charge on any atom is 0.193 e. The van der Waals surface area contributed by atoms with Gasteiger partial charge in [-0.05, 0) is 54.6 Å². The lowest BCUT2D eigenvalue weighted by Gasteiger charge is -2.12. The number of hydrogen-bond acceptors (Lipinski definition) is 8. The van der Waals surface area contributed by atoms with Crippen molar-refractivity contribution < 1.29 is 13.9 Å². The third-order valence-electron chi connectivity index (χ3n) is 5.63. The number of thiophene rings is 1. The highest BCUT2D eigenvalue weighted by atomic mass is 32.1. The number of aromatic amines is 1. The van der Waals surface area contributed by atoms with Crippen LogP contribution in [0.1, 0.15) is 12.6 Å². The molecule has 0 spiro atoms. The predicted octanol–water partition coefficient (Wildman–Crippen LogP) is 4.91. The Kier molecular flexibility index (Phi) is 6.32. The van der Waals surface area contributed by atoms with Crippen LogP contribution in [-0.2, 0) is 6.54 Å². The first kappa shape index (κ1) is 22.8. The zero-order chi connectivity index (χ0) is 24.4. The van der Waals surface area contributed by atoms with Gasteiger partial charge in [0, 0.05) is 42.1 Å². The number of tetrazole rings is 1. The van der Waals surface area contributed by atoms with E-state index < -0.39 is 0 Å². The summed E-state index contributed by atoms with van der Waals surface area (Å²) in [4.78, 5) is 6.29. The number of rotatable bonds is 9. The Balaban J connectivity index is 1.35. The van der Waals surface area contributed by atoms with Gasteiger partial charge in [0.1, 0.15) is 22.2 Å². The fourth-order valence-electron chi connectivity index (χ4n) is 4.08. The van der Waals surface area contributed by atoms with Gasteiger partial charge in [-0.2, -0.15) is 0 Å². The Morgan fingerprint density at radius 3 is 2.83 bits per heavy atom. The molecule has 0 aliphatic rings. The molecule has 5 rings (SSSR count). The smallest absolute Gasteiger partial charge is 0.193 e. The topological polar surface area (TPSA) is 103 Å². The first-order chi connectivity index (χ1) is 17.1. The van der Waals surface area contributed by atoms with E-state index in [0.717, 1.165) is 32.2 Å². The molecule has 9 nitrogen and oxygen atoms in total. The van der Waals surface area contributed by atoms with E-state index in [9.17, 15) is 4.39 Å². The summed E-state index contributed by atoms with van der Waals surface area (Å²) in [7, 11) is 1.60. The van der Waals surface area contributed by atoms with E-state index in [-0.39, 0.29) is 5.82 Å². The summed E-state index contributed by atoms with van der Waals surface area (Å²) >= 11 is 1.50. The van der Waals surface area contributed by atoms with Gasteiger partial charge in [-0.25, -0.2) is 9.49 Å². The highest BCUT2D eigenvalue weighted by Gasteiger charge is 2.18. The molecule has 0 saturated heterocycles. The van der Waals surface area contributed by atoms with Crippen LogP contribution < -0.4 is 14.8 Å². The maximum atomic E-state index is 14.6. The zero-order valence-corrected chi connectivity index (χ0v) is 20.3. The van der Waals surface area contributed by atoms with Crippen molar-refractivity contribution in [2.45, 2.75) is 20.4 Å². The number of nitrogens with zero attached hydrogens (tertiary/aromatic N) is 5. The number of anilines is 1. The molecule has 35 heavy (non-hydrogen) atoms. The number of H-pyrrole nitrogens is 1. The van der Waals surface area contributed by atoms with Crippen molar-refractivity contribution in [3.8, 4) is 32.8 Å². The number of hydrogen-bond donors (Lipinski definition) is 2. The molecule has 4 heterocycles. The van der Waals surface area contributed by atoms with E-state index in [4.69, 9.17) is 9.47 Å². The van der Waals surface area contributed by atoms with Crippen molar-refractivity contribution in [3.05, 3.63) is 54.1 Å². The number of ether oxygens (including phenoxy) is 2. The summed E-state index contributed by atoms with van der Waals surface area (Å²) in [6.45, 7) is 5.62. The van der Waals surface area contributed by atoms with E-state index in [2.05, 4.69) is 30.9 Å². The first-order valence-corrected chi connectivity index (χ1v) is 11.9. The van der Waals surface area contributed by atoms with Gasteiger partial charge >= 0.3 is 0 Å². The molecular weight excluding hydrogens is 469 g/mol. The average molecular weight is 494 g/mol. The lowest BCUT2D eigenvalue weighted by Crippen LogP contribution is -2.12. The molecular formula is C24H24FN7O2S. The number of benzene rings is 1. The van der Waals surface area contributed by atoms with E-state index in [1.165, 1.54) is 17.4 Å². The van der Waals surface area contributed by atoms with E-state index in [1.807, 2.05) is 42.7 Å². The van der Waals surface area contributed by atoms with Gasteiger partial charge < -0.3 is 19.4 Å². The van der Waals surface area contributed by atoms with Crippen LogP contribution >= 0.6 is 11.3 Å². The lowest BCUT2D eigenvalue weighted by molar-refractivity contribution is 0.343. The molecule has 1 aromatic carbocycles. The SMILES string of the molecule is CCOc1cc(-c2cc(NCCn3c(C)cc4c(OC)ccc(F)c43)ccn2)sc1-c1nnn[nH]1. The first-order valence-electron chi connectivity index (χ1n) is 11.1. The molecule has 4 aromatic heterocycles. The summed E-state index contributed by atoms with van der Waals surface area (Å²) in [5, 5.41) is 18.3. The number of halogens is 1. The van der Waals surface area contributed by atoms with Gasteiger partial charge in [0.05, 0.1) is 29.8 Å². The van der Waals surface area contributed by atoms with Crippen LogP contribution in [0, 0.1) is 12.7 Å². The van der Waals surface area contributed by atoms with Crippen LogP contribution in [-0.4, -0.2) is 50.4 Å². The minimum Gasteiger partial charge on any atom is -0.496 e. The van der Waals surface area contributed by atoms with Crippen molar-refractivity contribution in [1.29, 1.82) is 0 Å². The minimum absolute atomic E-state index is 0.263. The highest BCUT2D eigenvalue weighted by molar-refractivity contribution is 7.19. The fourth-order valence-corrected chi connectivity index (χ4v) is 5.08. The van der Waals surface area contributed by atoms with Crippen LogP contribution in [0.2, 0.25) is 0 Å². The molecule has 0 fully saturated rings. The Morgan fingerprint density at radius 1 is 1.17 bits per heavy atom. The van der Waals surface area contributed by atoms with Crippen LogP contribution in [0.3, 0.4) is 0 Å². The molecule has 0 saturated carbocycles. The maximum absolute atomic E-state index is 14.6. The molecule has 0 aliphatic carbocycles. The third-order valence-corrected chi connectivity index (χ3v) is 6.78. The normalized spacial score (nSPS) is 11.2. The Hall–Kier alpha value is -3.99. The molecule has 0 aliphatic heterocycles. The number of pyridine rings is 1. The van der Waals surface area contributed by atoms with E-state index >= 15 is 0 Å². The van der Waals surface area contributed by atoms with Crippen LogP contribution in [0.4, 0.5) is 10.1 Å². The minimum atomic E-state index is -0.263. The van der Waals surface area contributed by atoms with Crippen LogP contribution in [0.25, 0.3) is 32.2 Å². The van der Waals surface area contributed by atoms with Gasteiger partial charge in [-0.3, -0.25) is 4.98 Å². The van der Waals surface area contributed by atoms with Crippen molar-refractivity contribution in [1.82, 2.24) is 30.2 Å². The molecule has 0 amide bonds. The van der Waals surface area contributed by atoms with Gasteiger partial charge in [0.15, 0.2) is 5.82 Å². The van der Waals surface area contributed by atoms with E-state index in [0.29, 0.717) is 42.5 Å². The quantitative estimate of drug-likeness (QED) is 0.301. The molecule has 2 N–H and O–H groups in total. The lowest BCUT2D eigenvalue weighted by atomic mass is 10.2. The van der Waals surface area contributed by atoms with Gasteiger partial charge in [-0.15, -0.1) is 16.4 Å². The molecule has 0 radical (unpaired) electrons. The Labute approximate surface area is 204 Å². The summed E-state index contributed by atoms with van der Waals surface area (Å²) in [5.74, 6) is 1.66. The molecule has 5 aromatic rings. The van der Waals surface area contributed by atoms with E-state index in [1.54, 1.807) is 19.4 Å². The van der Waals surface area contributed by atoms with Crippen molar-refractivity contribution >= 4 is 27.9 Å². The number of fused-ring (bicyclic) bond motifs is 1. The van der Waals surface area contributed by atoms with Crippen molar-refractivity contribution in [2.75, 3.05) is 25.6 Å². The molecule has 0 atom stereocenters. The largest absolute Gasteiger partial charge is 0.496 e. The molecule has 0 bridgehead atoms. The summed E-state index contributed by atoms with van der Waals surface area (Å²) < 4.78 is 27.8. The third kappa shape index (κ3) is 4.42. The Morgan fingerprint density at radius 2 is 2.06 bits per heavy atom. The second-order valence-electron chi connectivity index (χ2n) is 7.79. The fraction of sp³-hybridized carbons (Fsp3) is 0.250. The molecule has 0 unspecified atom stereocenters. The predicted molar refractivity (Wildman–Crippen MR) is 134 cm³/mol. The monoisotopic (exact) mass is 493 g/mol. The number of nitrogens with one attached hydrogen (secondary N) is 2. The molecule has 180 valence electrons. The Bertz CT molecular complexity index is 1460. The van der Waals surface area contributed by atoms with Crippen molar-refractivity contribution in [3.63, 3.8) is 0 Å². The average Bonchev–Trinajstić information content (AvgIpc) is 3.60. The number of aryl methyl sites for hydroxylation is 1. The molecule has 11 heteroatoms. The number of methoxy groups -OCH3 is 1. The van der Waals surface area contributed by atoms with Gasteiger partial charge in [0.2, 0.25) is 0 Å². The second kappa shape index (κ2) is 9.71. The highest BCUT2D eigenvalue weighted by Crippen LogP contribution is 2.41. The zero-order valence-electron chi connectivity index (χ0n) is 19.5. The summed E-state index contributed by atoms with van der Waals surface area (Å²) in [6.07, 6.45) is 1.76. The van der Waals surface area contributed by atoms with Gasteiger partial charge in [-0.1, -0.05) is 0 Å². The van der Waals surface area contributed by atoms with Crippen LogP contribution in [0.5, 0.6) is 11.5 Å². The van der Waals surface area contributed by atoms with Gasteiger partial charge in [0.25, 0.3) is 0 Å². The summed E-state index contributed by atoms with van der Waals surface area (Å²) in [5.41, 5.74) is 3.24. The number of aromatic nitrogens is 6. The standard InChI is InChI=1S/C24H24FN7O2S/c1-4-34-20-13-21(35-23(20)24-28-30-31-29-24)18-12-15(7-8-27-18)26-9-10-32-14(2)11-16-19(33-3)6-5-17(25)22(16)32/h5-8,11-13H,4,9-10H2,1-3H3,(H,26,27)(H,28,29,30,31). The second-order valence-corrected chi connectivity index (χ2v) is 8.84. The summed E-state index contributed by atoms with van der Waals surface area (Å²) in [6, 6.07) is 10.9. The van der Waals surface area contributed by atoms with Crippen LogP contribution in [0.15, 0.2) is 42.6 Å². The van der Waals surface area contributed by atoms with Crippen molar-refractivity contribution in [2.24, 2.45) is 0 Å².